The minimum Gasteiger partial charge on any atom is -0.467 e. The van der Waals surface area contributed by atoms with Crippen molar-refractivity contribution in [3.8, 4) is 0 Å². The molecular formula is C17H19N3O5S. The van der Waals surface area contributed by atoms with Crippen LogP contribution in [0.2, 0.25) is 0 Å². The summed E-state index contributed by atoms with van der Waals surface area (Å²) in [7, 11) is -3.55. The maximum absolute atomic E-state index is 12.1. The molecule has 1 aliphatic carbocycles. The van der Waals surface area contributed by atoms with E-state index in [1.807, 2.05) is 0 Å². The molecule has 9 heteroatoms. The Morgan fingerprint density at radius 1 is 1.08 bits per heavy atom. The Labute approximate surface area is 151 Å². The number of amides is 2. The average molecular weight is 377 g/mol. The molecule has 8 nitrogen and oxygen atoms in total. The van der Waals surface area contributed by atoms with Crippen LogP contribution in [-0.2, 0) is 21.4 Å². The number of rotatable bonds is 8. The van der Waals surface area contributed by atoms with Crippen LogP contribution in [-0.4, -0.2) is 32.8 Å². The highest BCUT2D eigenvalue weighted by Crippen LogP contribution is 2.22. The molecule has 26 heavy (non-hydrogen) atoms. The van der Waals surface area contributed by atoms with Crippen molar-refractivity contribution in [2.45, 2.75) is 30.3 Å². The van der Waals surface area contributed by atoms with Gasteiger partial charge in [0.1, 0.15) is 5.76 Å². The second kappa shape index (κ2) is 7.71. The minimum atomic E-state index is -3.55. The van der Waals surface area contributed by atoms with Crippen molar-refractivity contribution in [1.29, 1.82) is 0 Å². The highest BCUT2D eigenvalue weighted by Gasteiger charge is 2.27. The van der Waals surface area contributed by atoms with E-state index >= 15 is 0 Å². The predicted molar refractivity (Wildman–Crippen MR) is 92.7 cm³/mol. The number of carbonyl (C=O) groups excluding carboxylic acids is 2. The van der Waals surface area contributed by atoms with Gasteiger partial charge in [0.2, 0.25) is 15.9 Å². The van der Waals surface area contributed by atoms with E-state index in [9.17, 15) is 18.0 Å². The summed E-state index contributed by atoms with van der Waals surface area (Å²) in [6, 6.07) is 9.03. The standard InChI is InChI=1S/C17H19N3O5S/c21-16(18-10-14-2-1-9-25-14)11-19-17(22)12-3-7-15(8-4-12)26(23,24)20-13-5-6-13/h1-4,7-9,13,20H,5-6,10-11H2,(H,18,21)(H,19,22). The summed E-state index contributed by atoms with van der Waals surface area (Å²) in [6.07, 6.45) is 3.21. The smallest absolute Gasteiger partial charge is 0.251 e. The van der Waals surface area contributed by atoms with Crippen molar-refractivity contribution in [2.24, 2.45) is 0 Å². The first-order valence-electron chi connectivity index (χ1n) is 8.14. The quantitative estimate of drug-likeness (QED) is 0.628. The van der Waals surface area contributed by atoms with Crippen molar-refractivity contribution in [2.75, 3.05) is 6.54 Å². The van der Waals surface area contributed by atoms with Gasteiger partial charge in [0, 0.05) is 11.6 Å². The maximum Gasteiger partial charge on any atom is 0.251 e. The molecule has 1 fully saturated rings. The van der Waals surface area contributed by atoms with Crippen LogP contribution in [0.4, 0.5) is 0 Å². The lowest BCUT2D eigenvalue weighted by molar-refractivity contribution is -0.120. The molecule has 0 bridgehead atoms. The maximum atomic E-state index is 12.1. The van der Waals surface area contributed by atoms with Crippen LogP contribution in [0.3, 0.4) is 0 Å². The van der Waals surface area contributed by atoms with E-state index in [1.54, 1.807) is 12.1 Å². The van der Waals surface area contributed by atoms with Crippen molar-refractivity contribution >= 4 is 21.8 Å². The number of hydrogen-bond donors (Lipinski definition) is 3. The topological polar surface area (TPSA) is 118 Å². The van der Waals surface area contributed by atoms with Crippen LogP contribution in [0.15, 0.2) is 52.0 Å². The molecule has 2 aromatic rings. The zero-order chi connectivity index (χ0) is 18.6. The predicted octanol–water partition coefficient (Wildman–Crippen LogP) is 0.767. The van der Waals surface area contributed by atoms with Gasteiger partial charge in [-0.25, -0.2) is 13.1 Å². The van der Waals surface area contributed by atoms with Gasteiger partial charge in [0.05, 0.1) is 24.2 Å². The largest absolute Gasteiger partial charge is 0.467 e. The Hall–Kier alpha value is -2.65. The number of nitrogens with one attached hydrogen (secondary N) is 3. The number of benzene rings is 1. The van der Waals surface area contributed by atoms with Gasteiger partial charge in [-0.05, 0) is 49.2 Å². The van der Waals surface area contributed by atoms with Gasteiger partial charge in [-0.15, -0.1) is 0 Å². The fourth-order valence-electron chi connectivity index (χ4n) is 2.20. The van der Waals surface area contributed by atoms with Crippen molar-refractivity contribution in [3.05, 3.63) is 54.0 Å². The van der Waals surface area contributed by atoms with Crippen LogP contribution < -0.4 is 15.4 Å². The molecule has 1 aromatic carbocycles. The van der Waals surface area contributed by atoms with E-state index in [-0.39, 0.29) is 35.5 Å². The fraction of sp³-hybridized carbons (Fsp3) is 0.294. The molecule has 1 aliphatic rings. The molecule has 3 rings (SSSR count). The minimum absolute atomic E-state index is 0.0164. The Bertz CT molecular complexity index is 872. The Morgan fingerprint density at radius 2 is 1.81 bits per heavy atom. The first-order valence-corrected chi connectivity index (χ1v) is 9.62. The van der Waals surface area contributed by atoms with E-state index in [0.29, 0.717) is 5.76 Å². The molecule has 1 aromatic heterocycles. The average Bonchev–Trinajstić information content (AvgIpc) is 3.27. The molecule has 1 heterocycles. The van der Waals surface area contributed by atoms with Crippen molar-refractivity contribution in [3.63, 3.8) is 0 Å². The Kier molecular flexibility index (Phi) is 5.38. The molecule has 3 N–H and O–H groups in total. The first-order chi connectivity index (χ1) is 12.4. The van der Waals surface area contributed by atoms with E-state index in [1.165, 1.54) is 30.5 Å². The molecule has 0 atom stereocenters. The lowest BCUT2D eigenvalue weighted by Gasteiger charge is -2.08. The van der Waals surface area contributed by atoms with Gasteiger partial charge in [-0.3, -0.25) is 9.59 Å². The second-order valence-corrected chi connectivity index (χ2v) is 7.67. The summed E-state index contributed by atoms with van der Waals surface area (Å²) in [5, 5.41) is 5.09. The highest BCUT2D eigenvalue weighted by molar-refractivity contribution is 7.89. The van der Waals surface area contributed by atoms with E-state index < -0.39 is 15.9 Å². The van der Waals surface area contributed by atoms with Crippen LogP contribution in [0.1, 0.15) is 29.0 Å². The SMILES string of the molecule is O=C(CNC(=O)c1ccc(S(=O)(=O)NC2CC2)cc1)NCc1ccco1. The summed E-state index contributed by atoms with van der Waals surface area (Å²) in [6.45, 7) is 0.0467. The van der Waals surface area contributed by atoms with Gasteiger partial charge in [-0.2, -0.15) is 0 Å². The molecule has 0 aliphatic heterocycles. The zero-order valence-corrected chi connectivity index (χ0v) is 14.7. The van der Waals surface area contributed by atoms with Gasteiger partial charge in [0.25, 0.3) is 5.91 Å². The second-order valence-electron chi connectivity index (χ2n) is 5.96. The number of furan rings is 1. The first kappa shape index (κ1) is 18.2. The van der Waals surface area contributed by atoms with Crippen molar-refractivity contribution in [1.82, 2.24) is 15.4 Å². The number of hydrogen-bond acceptors (Lipinski definition) is 5. The fourth-order valence-corrected chi connectivity index (χ4v) is 3.50. The molecule has 138 valence electrons. The zero-order valence-electron chi connectivity index (χ0n) is 13.9. The summed E-state index contributed by atoms with van der Waals surface area (Å²) < 4.78 is 31.8. The molecule has 0 unspecified atom stereocenters. The lowest BCUT2D eigenvalue weighted by Crippen LogP contribution is -2.36. The van der Waals surface area contributed by atoms with Gasteiger partial charge in [-0.1, -0.05) is 0 Å². The molecular weight excluding hydrogens is 358 g/mol. The molecule has 0 spiro atoms. The van der Waals surface area contributed by atoms with E-state index in [4.69, 9.17) is 4.42 Å². The normalized spacial score (nSPS) is 14.0. The monoisotopic (exact) mass is 377 g/mol. The van der Waals surface area contributed by atoms with E-state index in [0.717, 1.165) is 12.8 Å². The third kappa shape index (κ3) is 4.93. The molecule has 0 radical (unpaired) electrons. The molecule has 0 saturated heterocycles. The molecule has 2 amide bonds. The lowest BCUT2D eigenvalue weighted by atomic mass is 10.2. The summed E-state index contributed by atoms with van der Waals surface area (Å²) in [5.74, 6) is -0.207. The van der Waals surface area contributed by atoms with Crippen LogP contribution in [0.25, 0.3) is 0 Å². The Balaban J connectivity index is 1.49. The number of carbonyl (C=O) groups is 2. The van der Waals surface area contributed by atoms with Gasteiger partial charge in [0.15, 0.2) is 0 Å². The van der Waals surface area contributed by atoms with Crippen LogP contribution in [0, 0.1) is 0 Å². The van der Waals surface area contributed by atoms with E-state index in [2.05, 4.69) is 15.4 Å². The van der Waals surface area contributed by atoms with Gasteiger partial charge < -0.3 is 15.1 Å². The van der Waals surface area contributed by atoms with Gasteiger partial charge >= 0.3 is 0 Å². The molecule has 1 saturated carbocycles. The van der Waals surface area contributed by atoms with Crippen molar-refractivity contribution < 1.29 is 22.4 Å². The Morgan fingerprint density at radius 3 is 2.42 bits per heavy atom. The van der Waals surface area contributed by atoms with Crippen LogP contribution in [0.5, 0.6) is 0 Å². The third-order valence-corrected chi connectivity index (χ3v) is 5.31. The summed E-state index contributed by atoms with van der Waals surface area (Å²) in [5.41, 5.74) is 0.272. The third-order valence-electron chi connectivity index (χ3n) is 3.78. The summed E-state index contributed by atoms with van der Waals surface area (Å²) in [4.78, 5) is 23.9. The van der Waals surface area contributed by atoms with Crippen LogP contribution >= 0.6 is 0 Å². The highest BCUT2D eigenvalue weighted by atomic mass is 32.2. The number of sulfonamides is 1. The summed E-state index contributed by atoms with van der Waals surface area (Å²) >= 11 is 0.